The van der Waals surface area contributed by atoms with Gasteiger partial charge < -0.3 is 15.1 Å². The van der Waals surface area contributed by atoms with Crippen molar-refractivity contribution >= 4 is 33.2 Å². The van der Waals surface area contributed by atoms with Gasteiger partial charge in [-0.2, -0.15) is 0 Å². The number of para-hydroxylation sites is 1. The van der Waals surface area contributed by atoms with Crippen LogP contribution in [-0.4, -0.2) is 32.5 Å². The Bertz CT molecular complexity index is 1210. The van der Waals surface area contributed by atoms with E-state index >= 15 is 0 Å². The monoisotopic (exact) mass is 469 g/mol. The fourth-order valence-electron chi connectivity index (χ4n) is 3.43. The maximum atomic E-state index is 13.2. The lowest BCUT2D eigenvalue weighted by molar-refractivity contribution is -0.117. The lowest BCUT2D eigenvalue weighted by Crippen LogP contribution is -2.47. The number of carbonyl (C=O) groups is 2. The molecule has 0 saturated heterocycles. The number of amides is 2. The number of nitrogens with zero attached hydrogens (tertiary/aromatic N) is 1. The summed E-state index contributed by atoms with van der Waals surface area (Å²) >= 11 is 0. The van der Waals surface area contributed by atoms with Gasteiger partial charge in [-0.05, 0) is 49.7 Å². The van der Waals surface area contributed by atoms with Crippen molar-refractivity contribution in [2.24, 2.45) is 0 Å². The first kappa shape index (κ1) is 24.1. The van der Waals surface area contributed by atoms with Crippen LogP contribution in [0.15, 0.2) is 71.3 Å². The molecule has 174 valence electrons. The first-order valence-corrected chi connectivity index (χ1v) is 12.3. The van der Waals surface area contributed by atoms with E-state index in [0.29, 0.717) is 11.4 Å². The van der Waals surface area contributed by atoms with Crippen molar-refractivity contribution < 1.29 is 22.4 Å². The van der Waals surface area contributed by atoms with Gasteiger partial charge in [0.1, 0.15) is 11.8 Å². The van der Waals surface area contributed by atoms with E-state index < -0.39 is 27.9 Å². The molecule has 8 nitrogen and oxygen atoms in total. The van der Waals surface area contributed by atoms with Gasteiger partial charge in [0.2, 0.25) is 15.9 Å². The number of rotatable bonds is 9. The number of hydrogen-bond donors (Lipinski definition) is 2. The second kappa shape index (κ2) is 10.4. The molecule has 0 aliphatic rings. The van der Waals surface area contributed by atoms with Crippen LogP contribution in [0.4, 0.5) is 11.4 Å². The second-order valence-electron chi connectivity index (χ2n) is 7.62. The van der Waals surface area contributed by atoms with Crippen LogP contribution >= 0.6 is 0 Å². The quantitative estimate of drug-likeness (QED) is 0.497. The van der Waals surface area contributed by atoms with E-state index in [0.717, 1.165) is 16.1 Å². The molecule has 9 heteroatoms. The summed E-state index contributed by atoms with van der Waals surface area (Å²) in [4.78, 5) is 25.9. The van der Waals surface area contributed by atoms with Crippen LogP contribution in [0.3, 0.4) is 0 Å². The first-order valence-electron chi connectivity index (χ1n) is 10.5. The molecular formula is C24H27N3O5S. The lowest BCUT2D eigenvalue weighted by Gasteiger charge is -2.30. The lowest BCUT2D eigenvalue weighted by atomic mass is 10.1. The highest BCUT2D eigenvalue weighted by Crippen LogP contribution is 2.24. The van der Waals surface area contributed by atoms with Gasteiger partial charge in [-0.1, -0.05) is 36.8 Å². The van der Waals surface area contributed by atoms with E-state index in [4.69, 9.17) is 4.42 Å². The Morgan fingerprint density at radius 1 is 1.03 bits per heavy atom. The number of hydrogen-bond acceptors (Lipinski definition) is 5. The average molecular weight is 470 g/mol. The summed E-state index contributed by atoms with van der Waals surface area (Å²) in [7, 11) is -3.76. The number of anilines is 2. The minimum atomic E-state index is -3.76. The number of sulfonamides is 1. The van der Waals surface area contributed by atoms with E-state index in [1.165, 1.54) is 6.26 Å². The Morgan fingerprint density at radius 2 is 1.73 bits per heavy atom. The number of benzene rings is 2. The van der Waals surface area contributed by atoms with Crippen molar-refractivity contribution in [3.05, 3.63) is 83.8 Å². The summed E-state index contributed by atoms with van der Waals surface area (Å²) in [6.45, 7) is 3.83. The predicted octanol–water partition coefficient (Wildman–Crippen LogP) is 3.70. The zero-order valence-electron chi connectivity index (χ0n) is 18.7. The smallest absolute Gasteiger partial charge is 0.253 e. The van der Waals surface area contributed by atoms with Gasteiger partial charge in [-0.3, -0.25) is 13.9 Å². The number of carbonyl (C=O) groups excluding carboxylic acids is 2. The SMILES string of the molecule is CC[C@@H](C(=O)Nc1ccccc1C(=O)NCc1ccco1)N(c1ccc(C)cc1)S(C)(=O)=O. The number of furan rings is 1. The molecule has 33 heavy (non-hydrogen) atoms. The molecule has 0 bridgehead atoms. The Hall–Kier alpha value is -3.59. The van der Waals surface area contributed by atoms with Crippen LogP contribution in [0.1, 0.15) is 35.0 Å². The molecule has 0 saturated carbocycles. The molecule has 3 aromatic rings. The Balaban J connectivity index is 1.84. The van der Waals surface area contributed by atoms with Crippen LogP contribution in [0, 0.1) is 6.92 Å². The molecule has 2 amide bonds. The third-order valence-corrected chi connectivity index (χ3v) is 6.23. The van der Waals surface area contributed by atoms with Crippen molar-refractivity contribution in [3.8, 4) is 0 Å². The zero-order valence-corrected chi connectivity index (χ0v) is 19.6. The van der Waals surface area contributed by atoms with Crippen molar-refractivity contribution in [2.45, 2.75) is 32.9 Å². The Morgan fingerprint density at radius 3 is 2.33 bits per heavy atom. The van der Waals surface area contributed by atoms with Gasteiger partial charge in [0.15, 0.2) is 0 Å². The highest BCUT2D eigenvalue weighted by molar-refractivity contribution is 7.92. The van der Waals surface area contributed by atoms with E-state index in [9.17, 15) is 18.0 Å². The standard InChI is InChI=1S/C24H27N3O5S/c1-4-22(27(33(3,30)31)18-13-11-17(2)12-14-18)24(29)26-21-10-6-5-9-20(21)23(28)25-16-19-8-7-15-32-19/h5-15,22H,4,16H2,1-3H3,(H,25,28)(H,26,29)/t22-/m0/s1. The number of aryl methyl sites for hydroxylation is 1. The third kappa shape index (κ3) is 6.01. The summed E-state index contributed by atoms with van der Waals surface area (Å²) in [6.07, 6.45) is 2.82. The van der Waals surface area contributed by atoms with Crippen molar-refractivity contribution in [1.82, 2.24) is 5.32 Å². The highest BCUT2D eigenvalue weighted by Gasteiger charge is 2.32. The molecule has 0 fully saturated rings. The zero-order chi connectivity index (χ0) is 24.0. The van der Waals surface area contributed by atoms with E-state index in [1.807, 2.05) is 6.92 Å². The maximum Gasteiger partial charge on any atom is 0.253 e. The minimum Gasteiger partial charge on any atom is -0.467 e. The minimum absolute atomic E-state index is 0.195. The molecule has 2 aromatic carbocycles. The van der Waals surface area contributed by atoms with Crippen LogP contribution in [0.2, 0.25) is 0 Å². The summed E-state index contributed by atoms with van der Waals surface area (Å²) in [5.74, 6) is -0.332. The molecule has 3 rings (SSSR count). The average Bonchev–Trinajstić information content (AvgIpc) is 3.30. The molecule has 2 N–H and O–H groups in total. The highest BCUT2D eigenvalue weighted by atomic mass is 32.2. The summed E-state index contributed by atoms with van der Waals surface area (Å²) < 4.78 is 31.6. The number of nitrogens with one attached hydrogen (secondary N) is 2. The van der Waals surface area contributed by atoms with Crippen molar-refractivity contribution in [1.29, 1.82) is 0 Å². The molecule has 1 heterocycles. The molecule has 0 spiro atoms. The molecule has 1 aromatic heterocycles. The largest absolute Gasteiger partial charge is 0.467 e. The Kier molecular flexibility index (Phi) is 7.55. The van der Waals surface area contributed by atoms with E-state index in [2.05, 4.69) is 10.6 Å². The van der Waals surface area contributed by atoms with Gasteiger partial charge in [-0.25, -0.2) is 8.42 Å². The van der Waals surface area contributed by atoms with Crippen molar-refractivity contribution in [3.63, 3.8) is 0 Å². The third-order valence-electron chi connectivity index (χ3n) is 5.05. The maximum absolute atomic E-state index is 13.2. The normalized spacial score (nSPS) is 12.1. The second-order valence-corrected chi connectivity index (χ2v) is 9.47. The molecule has 0 unspecified atom stereocenters. The van der Waals surface area contributed by atoms with Crippen LogP contribution < -0.4 is 14.9 Å². The molecule has 0 aliphatic heterocycles. The van der Waals surface area contributed by atoms with Gasteiger partial charge in [0, 0.05) is 0 Å². The predicted molar refractivity (Wildman–Crippen MR) is 128 cm³/mol. The molecular weight excluding hydrogens is 442 g/mol. The summed E-state index contributed by atoms with van der Waals surface area (Å²) in [6, 6.07) is 15.9. The van der Waals surface area contributed by atoms with Gasteiger partial charge in [0.05, 0.1) is 36.0 Å². The van der Waals surface area contributed by atoms with Crippen LogP contribution in [0.25, 0.3) is 0 Å². The fourth-order valence-corrected chi connectivity index (χ4v) is 4.65. The topological polar surface area (TPSA) is 109 Å². The van der Waals surface area contributed by atoms with Gasteiger partial charge >= 0.3 is 0 Å². The van der Waals surface area contributed by atoms with Crippen LogP contribution in [0.5, 0.6) is 0 Å². The molecule has 1 atom stereocenters. The summed E-state index contributed by atoms with van der Waals surface area (Å²) in [5.41, 5.74) is 1.91. The fraction of sp³-hybridized carbons (Fsp3) is 0.250. The Labute approximate surface area is 193 Å². The first-order chi connectivity index (χ1) is 15.7. The van der Waals surface area contributed by atoms with Gasteiger partial charge in [-0.15, -0.1) is 0 Å². The van der Waals surface area contributed by atoms with Crippen LogP contribution in [-0.2, 0) is 21.4 Å². The molecule has 0 radical (unpaired) electrons. The van der Waals surface area contributed by atoms with E-state index in [1.54, 1.807) is 67.6 Å². The molecule has 0 aliphatic carbocycles. The van der Waals surface area contributed by atoms with E-state index in [-0.39, 0.29) is 24.2 Å². The van der Waals surface area contributed by atoms with Gasteiger partial charge in [0.25, 0.3) is 5.91 Å². The van der Waals surface area contributed by atoms with Crippen molar-refractivity contribution in [2.75, 3.05) is 15.9 Å². The summed E-state index contributed by atoms with van der Waals surface area (Å²) in [5, 5.41) is 5.49.